The Labute approximate surface area is 350 Å². The van der Waals surface area contributed by atoms with E-state index in [1.54, 1.807) is 6.08 Å². The fourth-order valence-corrected chi connectivity index (χ4v) is 7.92. The second-order valence-corrected chi connectivity index (χ2v) is 17.3. The highest BCUT2D eigenvalue weighted by Gasteiger charge is 2.44. The molecule has 7 atom stereocenters. The van der Waals surface area contributed by atoms with Gasteiger partial charge in [0.1, 0.15) is 24.4 Å². The summed E-state index contributed by atoms with van der Waals surface area (Å²) in [6.45, 7) is 3.79. The van der Waals surface area contributed by atoms with E-state index in [0.717, 1.165) is 38.5 Å². The lowest BCUT2D eigenvalue weighted by Gasteiger charge is -2.40. The van der Waals surface area contributed by atoms with Crippen molar-refractivity contribution in [3.05, 3.63) is 12.2 Å². The fraction of sp³-hybridized carbons (Fsp3) is 0.938. The number of unbranched alkanes of at least 4 members (excludes halogenated alkanes) is 31. The van der Waals surface area contributed by atoms with Crippen molar-refractivity contribution in [2.45, 2.75) is 275 Å². The quantitative estimate of drug-likeness (QED) is 0.0264. The van der Waals surface area contributed by atoms with Gasteiger partial charge in [0.25, 0.3) is 0 Å². The summed E-state index contributed by atoms with van der Waals surface area (Å²) in [7, 11) is 0. The van der Waals surface area contributed by atoms with Gasteiger partial charge in [0.15, 0.2) is 6.29 Å². The Morgan fingerprint density at radius 2 is 0.965 bits per heavy atom. The molecular weight excluding hydrogens is 719 g/mol. The second kappa shape index (κ2) is 39.1. The molecule has 1 heterocycles. The minimum absolute atomic E-state index is 0.173. The van der Waals surface area contributed by atoms with Crippen molar-refractivity contribution in [3.63, 3.8) is 0 Å². The number of allylic oxidation sites excluding steroid dienone is 1. The first-order chi connectivity index (χ1) is 27.8. The SMILES string of the molecule is CCCCCCCCCCCCC/C=C/[C@H](O)[C@@H](CO[C@@H]1O[C@H](CO)[C@H](O)[C@H](O)[C@H]1O)NC(=O)CCCCCCCCCCCCCCCCCCCCCCC. The van der Waals surface area contributed by atoms with Crippen LogP contribution in [0.2, 0.25) is 0 Å². The number of rotatable bonds is 41. The Morgan fingerprint density at radius 3 is 1.37 bits per heavy atom. The van der Waals surface area contributed by atoms with Crippen LogP contribution in [0.4, 0.5) is 0 Å². The van der Waals surface area contributed by atoms with Gasteiger partial charge in [-0.25, -0.2) is 0 Å². The Balaban J connectivity index is 2.27. The maximum atomic E-state index is 13.0. The molecule has 1 saturated heterocycles. The topological polar surface area (TPSA) is 149 Å². The molecule has 0 aromatic heterocycles. The van der Waals surface area contributed by atoms with Gasteiger partial charge in [-0.05, 0) is 19.3 Å². The summed E-state index contributed by atoms with van der Waals surface area (Å²) in [5.74, 6) is -0.173. The lowest BCUT2D eigenvalue weighted by Crippen LogP contribution is -2.60. The van der Waals surface area contributed by atoms with E-state index in [9.17, 15) is 30.3 Å². The molecule has 0 aromatic carbocycles. The summed E-state index contributed by atoms with van der Waals surface area (Å²) in [5.41, 5.74) is 0. The highest BCUT2D eigenvalue weighted by atomic mass is 16.7. The molecule has 9 heteroatoms. The number of amides is 1. The number of aliphatic hydroxyl groups is 5. The molecule has 0 aliphatic carbocycles. The molecule has 0 radical (unpaired) electrons. The number of hydrogen-bond donors (Lipinski definition) is 6. The van der Waals surface area contributed by atoms with Gasteiger partial charge in [-0.1, -0.05) is 219 Å². The van der Waals surface area contributed by atoms with E-state index in [-0.39, 0.29) is 12.5 Å². The zero-order chi connectivity index (χ0) is 41.6. The Hall–Kier alpha value is -1.07. The number of ether oxygens (including phenoxy) is 2. The number of carbonyl (C=O) groups is 1. The van der Waals surface area contributed by atoms with Gasteiger partial charge in [-0.2, -0.15) is 0 Å². The lowest BCUT2D eigenvalue weighted by atomic mass is 9.99. The van der Waals surface area contributed by atoms with Crippen molar-refractivity contribution >= 4 is 5.91 Å². The normalized spacial score (nSPS) is 21.0. The molecule has 1 fully saturated rings. The first kappa shape index (κ1) is 53.9. The van der Waals surface area contributed by atoms with Crippen molar-refractivity contribution in [3.8, 4) is 0 Å². The maximum Gasteiger partial charge on any atom is 0.220 e. The van der Waals surface area contributed by atoms with Gasteiger partial charge < -0.3 is 40.3 Å². The van der Waals surface area contributed by atoms with Crippen molar-refractivity contribution < 1.29 is 39.8 Å². The van der Waals surface area contributed by atoms with E-state index in [1.807, 2.05) is 6.08 Å². The average Bonchev–Trinajstić information content (AvgIpc) is 3.21. The van der Waals surface area contributed by atoms with Gasteiger partial charge in [0.2, 0.25) is 5.91 Å². The van der Waals surface area contributed by atoms with Crippen molar-refractivity contribution in [2.75, 3.05) is 13.2 Å². The van der Waals surface area contributed by atoms with Gasteiger partial charge >= 0.3 is 0 Å². The van der Waals surface area contributed by atoms with Crippen LogP contribution in [-0.4, -0.2) is 87.5 Å². The summed E-state index contributed by atoms with van der Waals surface area (Å²) < 4.78 is 11.2. The molecule has 0 aromatic rings. The Kier molecular flexibility index (Phi) is 37.0. The van der Waals surface area contributed by atoms with Crippen LogP contribution in [0.25, 0.3) is 0 Å². The van der Waals surface area contributed by atoms with Crippen LogP contribution in [0.3, 0.4) is 0 Å². The van der Waals surface area contributed by atoms with E-state index in [4.69, 9.17) is 9.47 Å². The molecule has 6 N–H and O–H groups in total. The molecule has 1 aliphatic heterocycles. The third kappa shape index (κ3) is 29.7. The molecule has 338 valence electrons. The molecule has 0 bridgehead atoms. The summed E-state index contributed by atoms with van der Waals surface area (Å²) in [4.78, 5) is 13.0. The molecule has 1 aliphatic rings. The van der Waals surface area contributed by atoms with Crippen LogP contribution in [0.1, 0.15) is 232 Å². The predicted octanol–water partition coefficient (Wildman–Crippen LogP) is 10.5. The first-order valence-electron chi connectivity index (χ1n) is 24.4. The molecule has 1 rings (SSSR count). The van der Waals surface area contributed by atoms with Gasteiger partial charge in [0.05, 0.1) is 25.4 Å². The fourth-order valence-electron chi connectivity index (χ4n) is 7.92. The number of aliphatic hydroxyl groups excluding tert-OH is 5. The van der Waals surface area contributed by atoms with Crippen molar-refractivity contribution in [1.29, 1.82) is 0 Å². The third-order valence-electron chi connectivity index (χ3n) is 11.9. The molecule has 9 nitrogen and oxygen atoms in total. The maximum absolute atomic E-state index is 13.0. The van der Waals surface area contributed by atoms with E-state index in [0.29, 0.717) is 6.42 Å². The van der Waals surface area contributed by atoms with Gasteiger partial charge in [0, 0.05) is 6.42 Å². The van der Waals surface area contributed by atoms with Gasteiger partial charge in [-0.15, -0.1) is 0 Å². The highest BCUT2D eigenvalue weighted by Crippen LogP contribution is 2.23. The van der Waals surface area contributed by atoms with Crippen LogP contribution >= 0.6 is 0 Å². The van der Waals surface area contributed by atoms with Crippen molar-refractivity contribution in [1.82, 2.24) is 5.32 Å². The van der Waals surface area contributed by atoms with Crippen LogP contribution in [0.15, 0.2) is 12.2 Å². The van der Waals surface area contributed by atoms with Crippen molar-refractivity contribution in [2.24, 2.45) is 0 Å². The molecule has 1 amide bonds. The molecule has 0 unspecified atom stereocenters. The zero-order valence-corrected chi connectivity index (χ0v) is 37.1. The summed E-state index contributed by atoms with van der Waals surface area (Å²) >= 11 is 0. The molecule has 0 spiro atoms. The number of nitrogens with one attached hydrogen (secondary N) is 1. The predicted molar refractivity (Wildman–Crippen MR) is 235 cm³/mol. The summed E-state index contributed by atoms with van der Waals surface area (Å²) in [6, 6.07) is -0.798. The average molecular weight is 812 g/mol. The van der Waals surface area contributed by atoms with Crippen LogP contribution < -0.4 is 5.32 Å². The standard InChI is InChI=1S/C48H93NO8/c1-3-5-7-9-11-13-15-17-18-19-20-21-22-23-24-26-28-30-32-34-36-38-44(52)49-41(40-56-48-47(55)46(54)45(53)43(39-50)57-48)42(51)37-35-33-31-29-27-25-16-14-12-10-8-6-4-2/h35,37,41-43,45-48,50-51,53-55H,3-34,36,38-40H2,1-2H3,(H,49,52)/b37-35+/t41-,42+,43-,45+,46+,47-,48-/m1/s1. The summed E-state index contributed by atoms with van der Waals surface area (Å²) in [5, 5.41) is 54.2. The lowest BCUT2D eigenvalue weighted by molar-refractivity contribution is -0.302. The number of hydrogen-bond acceptors (Lipinski definition) is 8. The number of carbonyl (C=O) groups excluding carboxylic acids is 1. The summed E-state index contributed by atoms with van der Waals surface area (Å²) in [6.07, 6.45) is 38.3. The minimum atomic E-state index is -1.56. The smallest absolute Gasteiger partial charge is 0.220 e. The largest absolute Gasteiger partial charge is 0.394 e. The van der Waals surface area contributed by atoms with E-state index in [1.165, 1.54) is 173 Å². The molecular formula is C48H93NO8. The Morgan fingerprint density at radius 1 is 0.579 bits per heavy atom. The monoisotopic (exact) mass is 812 g/mol. The van der Waals surface area contributed by atoms with E-state index in [2.05, 4.69) is 19.2 Å². The van der Waals surface area contributed by atoms with Crippen LogP contribution in [0.5, 0.6) is 0 Å². The van der Waals surface area contributed by atoms with Crippen LogP contribution in [-0.2, 0) is 14.3 Å². The molecule has 57 heavy (non-hydrogen) atoms. The van der Waals surface area contributed by atoms with Gasteiger partial charge in [-0.3, -0.25) is 4.79 Å². The first-order valence-corrected chi connectivity index (χ1v) is 24.4. The molecule has 0 saturated carbocycles. The van der Waals surface area contributed by atoms with E-state index >= 15 is 0 Å². The minimum Gasteiger partial charge on any atom is -0.394 e. The van der Waals surface area contributed by atoms with E-state index < -0.39 is 49.5 Å². The second-order valence-electron chi connectivity index (χ2n) is 17.3. The highest BCUT2D eigenvalue weighted by molar-refractivity contribution is 5.76. The Bertz CT molecular complexity index is 904. The van der Waals surface area contributed by atoms with Crippen LogP contribution in [0, 0.1) is 0 Å². The zero-order valence-electron chi connectivity index (χ0n) is 37.1. The third-order valence-corrected chi connectivity index (χ3v) is 11.9.